The highest BCUT2D eigenvalue weighted by atomic mass is 16.1. The summed E-state index contributed by atoms with van der Waals surface area (Å²) in [5, 5.41) is 6.00. The van der Waals surface area contributed by atoms with E-state index < -0.39 is 0 Å². The third-order valence-electron chi connectivity index (χ3n) is 2.31. The molecule has 0 atom stereocenters. The van der Waals surface area contributed by atoms with E-state index in [1.807, 2.05) is 0 Å². The van der Waals surface area contributed by atoms with Crippen molar-refractivity contribution in [2.75, 3.05) is 19.6 Å². The first-order chi connectivity index (χ1) is 7.31. The molecule has 0 aliphatic carbocycles. The highest BCUT2D eigenvalue weighted by Gasteiger charge is 1.97. The molecule has 0 aromatic rings. The van der Waals surface area contributed by atoms with Crippen molar-refractivity contribution in [2.24, 2.45) is 0 Å². The third-order valence-corrected chi connectivity index (χ3v) is 2.31. The zero-order valence-electron chi connectivity index (χ0n) is 10.3. The monoisotopic (exact) mass is 214 g/mol. The van der Waals surface area contributed by atoms with Crippen LogP contribution in [0.3, 0.4) is 0 Å². The van der Waals surface area contributed by atoms with Crippen LogP contribution in [0.4, 0.5) is 0 Å². The maximum Gasteiger partial charge on any atom is 0.233 e. The maximum absolute atomic E-state index is 11.2. The van der Waals surface area contributed by atoms with Gasteiger partial charge in [0, 0.05) is 6.54 Å². The van der Waals surface area contributed by atoms with E-state index in [1.54, 1.807) is 0 Å². The van der Waals surface area contributed by atoms with Gasteiger partial charge >= 0.3 is 0 Å². The van der Waals surface area contributed by atoms with Gasteiger partial charge in [0.2, 0.25) is 5.91 Å². The molecule has 0 unspecified atom stereocenters. The third kappa shape index (κ3) is 11.4. The Morgan fingerprint density at radius 3 is 2.33 bits per heavy atom. The summed E-state index contributed by atoms with van der Waals surface area (Å²) in [7, 11) is 0. The fraction of sp³-hybridized carbons (Fsp3) is 0.917. The summed E-state index contributed by atoms with van der Waals surface area (Å²) in [6.45, 7) is 6.49. The molecule has 0 rings (SSSR count). The molecule has 90 valence electrons. The molecule has 0 aliphatic rings. The fourth-order valence-electron chi connectivity index (χ4n) is 1.38. The van der Waals surface area contributed by atoms with E-state index in [4.69, 9.17) is 0 Å². The van der Waals surface area contributed by atoms with Gasteiger partial charge in [0.1, 0.15) is 0 Å². The van der Waals surface area contributed by atoms with Crippen LogP contribution < -0.4 is 10.6 Å². The van der Waals surface area contributed by atoms with Crippen LogP contribution in [0.15, 0.2) is 0 Å². The molecule has 0 aromatic heterocycles. The molecule has 0 heterocycles. The van der Waals surface area contributed by atoms with E-state index in [-0.39, 0.29) is 5.91 Å². The Bertz CT molecular complexity index is 149. The zero-order valence-corrected chi connectivity index (χ0v) is 10.3. The lowest BCUT2D eigenvalue weighted by Gasteiger charge is -2.05. The van der Waals surface area contributed by atoms with Crippen molar-refractivity contribution >= 4 is 5.91 Å². The number of rotatable bonds is 10. The van der Waals surface area contributed by atoms with Gasteiger partial charge in [0.05, 0.1) is 6.54 Å². The Morgan fingerprint density at radius 1 is 0.933 bits per heavy atom. The number of unbranched alkanes of at least 4 members (excludes halogenated alkanes) is 4. The largest absolute Gasteiger partial charge is 0.355 e. The van der Waals surface area contributed by atoms with Gasteiger partial charge in [-0.2, -0.15) is 0 Å². The number of carbonyl (C=O) groups is 1. The van der Waals surface area contributed by atoms with Crippen LogP contribution in [0.2, 0.25) is 0 Å². The summed E-state index contributed by atoms with van der Waals surface area (Å²) >= 11 is 0. The van der Waals surface area contributed by atoms with Crippen LogP contribution >= 0.6 is 0 Å². The highest BCUT2D eigenvalue weighted by Crippen LogP contribution is 2.00. The lowest BCUT2D eigenvalue weighted by molar-refractivity contribution is -0.120. The molecule has 3 nitrogen and oxygen atoms in total. The van der Waals surface area contributed by atoms with Gasteiger partial charge in [-0.05, 0) is 19.4 Å². The van der Waals surface area contributed by atoms with Gasteiger partial charge in [-0.15, -0.1) is 0 Å². The molecule has 0 saturated carbocycles. The van der Waals surface area contributed by atoms with Crippen LogP contribution in [0, 0.1) is 0 Å². The second-order valence-electron chi connectivity index (χ2n) is 3.94. The molecule has 1 amide bonds. The molecule has 0 radical (unpaired) electrons. The standard InChI is InChI=1S/C12H26N2O/c1-3-5-6-7-8-10-13-11-12(15)14-9-4-2/h13H,3-11H2,1-2H3,(H,14,15). The molecule has 0 aliphatic heterocycles. The normalized spacial score (nSPS) is 10.3. The minimum atomic E-state index is 0.116. The van der Waals surface area contributed by atoms with Crippen molar-refractivity contribution in [2.45, 2.75) is 52.4 Å². The molecule has 0 bridgehead atoms. The Kier molecular flexibility index (Phi) is 11.1. The van der Waals surface area contributed by atoms with Gasteiger partial charge < -0.3 is 10.6 Å². The number of carbonyl (C=O) groups excluding carboxylic acids is 1. The van der Waals surface area contributed by atoms with Crippen molar-refractivity contribution in [3.8, 4) is 0 Å². The summed E-state index contributed by atoms with van der Waals surface area (Å²) < 4.78 is 0. The Hall–Kier alpha value is -0.570. The smallest absolute Gasteiger partial charge is 0.233 e. The Balaban J connectivity index is 3.06. The van der Waals surface area contributed by atoms with Crippen LogP contribution in [0.1, 0.15) is 52.4 Å². The lowest BCUT2D eigenvalue weighted by atomic mass is 10.1. The second-order valence-corrected chi connectivity index (χ2v) is 3.94. The maximum atomic E-state index is 11.2. The predicted molar refractivity (Wildman–Crippen MR) is 64.9 cm³/mol. The molecule has 0 fully saturated rings. The summed E-state index contributed by atoms with van der Waals surface area (Å²) in [6, 6.07) is 0. The Morgan fingerprint density at radius 2 is 1.67 bits per heavy atom. The van der Waals surface area contributed by atoms with Gasteiger partial charge in [0.25, 0.3) is 0 Å². The average molecular weight is 214 g/mol. The van der Waals surface area contributed by atoms with Crippen LogP contribution in [-0.2, 0) is 4.79 Å². The average Bonchev–Trinajstić information content (AvgIpc) is 2.25. The van der Waals surface area contributed by atoms with E-state index >= 15 is 0 Å². The molecule has 3 heteroatoms. The summed E-state index contributed by atoms with van der Waals surface area (Å²) in [5.41, 5.74) is 0. The molecule has 0 saturated heterocycles. The minimum Gasteiger partial charge on any atom is -0.355 e. The number of amides is 1. The van der Waals surface area contributed by atoms with E-state index in [9.17, 15) is 4.79 Å². The van der Waals surface area contributed by atoms with Crippen molar-refractivity contribution in [1.29, 1.82) is 0 Å². The van der Waals surface area contributed by atoms with E-state index in [0.717, 1.165) is 19.5 Å². The lowest BCUT2D eigenvalue weighted by Crippen LogP contribution is -2.34. The first kappa shape index (κ1) is 14.4. The molecule has 2 N–H and O–H groups in total. The van der Waals surface area contributed by atoms with E-state index in [2.05, 4.69) is 24.5 Å². The number of hydrogen-bond acceptors (Lipinski definition) is 2. The van der Waals surface area contributed by atoms with Crippen molar-refractivity contribution in [3.63, 3.8) is 0 Å². The molecule has 15 heavy (non-hydrogen) atoms. The van der Waals surface area contributed by atoms with Crippen molar-refractivity contribution < 1.29 is 4.79 Å². The summed E-state index contributed by atoms with van der Waals surface area (Å²) in [6.07, 6.45) is 7.39. The van der Waals surface area contributed by atoms with Gasteiger partial charge in [-0.3, -0.25) is 4.79 Å². The predicted octanol–water partition coefficient (Wildman–Crippen LogP) is 2.07. The minimum absolute atomic E-state index is 0.116. The molecular weight excluding hydrogens is 188 g/mol. The summed E-state index contributed by atoms with van der Waals surface area (Å²) in [4.78, 5) is 11.2. The van der Waals surface area contributed by atoms with Gasteiger partial charge in [0.15, 0.2) is 0 Å². The highest BCUT2D eigenvalue weighted by molar-refractivity contribution is 5.77. The second kappa shape index (κ2) is 11.5. The van der Waals surface area contributed by atoms with Gasteiger partial charge in [-0.25, -0.2) is 0 Å². The van der Waals surface area contributed by atoms with Crippen molar-refractivity contribution in [3.05, 3.63) is 0 Å². The molecular formula is C12H26N2O. The first-order valence-corrected chi connectivity index (χ1v) is 6.28. The SMILES string of the molecule is CCCCCCCNCC(=O)NCCC. The van der Waals surface area contributed by atoms with Crippen LogP contribution in [0.5, 0.6) is 0 Å². The van der Waals surface area contributed by atoms with Crippen LogP contribution in [0.25, 0.3) is 0 Å². The molecule has 0 aromatic carbocycles. The van der Waals surface area contributed by atoms with Crippen LogP contribution in [-0.4, -0.2) is 25.5 Å². The Labute approximate surface area is 94.0 Å². The number of nitrogens with one attached hydrogen (secondary N) is 2. The fourth-order valence-corrected chi connectivity index (χ4v) is 1.38. The van der Waals surface area contributed by atoms with E-state index in [1.165, 1.54) is 32.1 Å². The quantitative estimate of drug-likeness (QED) is 0.547. The topological polar surface area (TPSA) is 41.1 Å². The number of hydrogen-bond donors (Lipinski definition) is 2. The first-order valence-electron chi connectivity index (χ1n) is 6.28. The van der Waals surface area contributed by atoms with Crippen molar-refractivity contribution in [1.82, 2.24) is 10.6 Å². The van der Waals surface area contributed by atoms with Gasteiger partial charge in [-0.1, -0.05) is 39.5 Å². The van der Waals surface area contributed by atoms with E-state index in [0.29, 0.717) is 6.54 Å². The zero-order chi connectivity index (χ0) is 11.4. The molecule has 0 spiro atoms. The summed E-state index contributed by atoms with van der Waals surface area (Å²) in [5.74, 6) is 0.116.